The van der Waals surface area contributed by atoms with E-state index < -0.39 is 16.4 Å². The number of Topliss-reactive ketones (excluding diaryl/α,β-unsaturated/α-hetero) is 1. The Balaban J connectivity index is 3.01. The second-order valence-electron chi connectivity index (χ2n) is 6.13. The van der Waals surface area contributed by atoms with Crippen LogP contribution < -0.4 is 9.47 Å². The van der Waals surface area contributed by atoms with Crippen LogP contribution >= 0.6 is 0 Å². The predicted molar refractivity (Wildman–Crippen MR) is 92.4 cm³/mol. The molecule has 1 aromatic rings. The Labute approximate surface area is 147 Å². The van der Waals surface area contributed by atoms with Crippen molar-refractivity contribution >= 4 is 11.8 Å². The van der Waals surface area contributed by atoms with E-state index in [1.165, 1.54) is 19.9 Å². The molecule has 1 atom stereocenters. The topological polar surface area (TPSA) is 95.7 Å². The number of ketones is 1. The van der Waals surface area contributed by atoms with Gasteiger partial charge in [0, 0.05) is 24.7 Å². The van der Waals surface area contributed by atoms with Gasteiger partial charge in [0.15, 0.2) is 11.5 Å². The molecule has 0 aliphatic heterocycles. The molecule has 0 amide bonds. The number of esters is 1. The van der Waals surface area contributed by atoms with Gasteiger partial charge >= 0.3 is 11.5 Å². The molecule has 0 spiro atoms. The van der Waals surface area contributed by atoms with E-state index in [2.05, 4.69) is 0 Å². The Morgan fingerprint density at radius 3 is 2.24 bits per heavy atom. The molecule has 0 bridgehead atoms. The van der Waals surface area contributed by atoms with Gasteiger partial charge in [-0.15, -0.1) is 0 Å². The van der Waals surface area contributed by atoms with Gasteiger partial charge in [-0.1, -0.05) is 26.0 Å². The molecule has 1 unspecified atom stereocenters. The van der Waals surface area contributed by atoms with Crippen LogP contribution in [-0.2, 0) is 9.59 Å². The van der Waals surface area contributed by atoms with Crippen LogP contribution in [0.4, 0.5) is 0 Å². The van der Waals surface area contributed by atoms with Crippen LogP contribution in [0.3, 0.4) is 0 Å². The van der Waals surface area contributed by atoms with Gasteiger partial charge < -0.3 is 14.3 Å². The summed E-state index contributed by atoms with van der Waals surface area (Å²) in [6, 6.07) is 6.57. The van der Waals surface area contributed by atoms with E-state index in [0.29, 0.717) is 5.75 Å². The van der Waals surface area contributed by atoms with E-state index in [0.717, 1.165) is 12.8 Å². The summed E-state index contributed by atoms with van der Waals surface area (Å²) in [7, 11) is 0. The van der Waals surface area contributed by atoms with Gasteiger partial charge in [-0.25, -0.2) is 4.79 Å². The zero-order valence-electron chi connectivity index (χ0n) is 15.1. The van der Waals surface area contributed by atoms with Crippen LogP contribution in [0.15, 0.2) is 24.3 Å². The van der Waals surface area contributed by atoms with Crippen LogP contribution in [0.2, 0.25) is 0 Å². The lowest BCUT2D eigenvalue weighted by atomic mass is 9.95. The molecule has 0 saturated heterocycles. The van der Waals surface area contributed by atoms with Gasteiger partial charge in [-0.3, -0.25) is 10.1 Å². The summed E-state index contributed by atoms with van der Waals surface area (Å²) in [6.07, 6.45) is 1.23. The molecule has 0 radical (unpaired) electrons. The quantitative estimate of drug-likeness (QED) is 0.277. The molecule has 1 aromatic carbocycles. The molecule has 0 aliphatic carbocycles. The summed E-state index contributed by atoms with van der Waals surface area (Å²) >= 11 is 0. The summed E-state index contributed by atoms with van der Waals surface area (Å²) in [5.41, 5.74) is -1.99. The van der Waals surface area contributed by atoms with Crippen molar-refractivity contribution in [2.45, 2.75) is 65.0 Å². The number of ether oxygens (including phenoxy) is 2. The number of hydrogen-bond acceptors (Lipinski definition) is 6. The highest BCUT2D eigenvalue weighted by atomic mass is 16.6. The zero-order valence-corrected chi connectivity index (χ0v) is 15.1. The van der Waals surface area contributed by atoms with Crippen LogP contribution in [-0.4, -0.2) is 28.3 Å². The molecule has 0 aliphatic rings. The number of nitrogens with zero attached hydrogens (tertiary/aromatic N) is 1. The van der Waals surface area contributed by atoms with Crippen molar-refractivity contribution in [3.63, 3.8) is 0 Å². The second-order valence-corrected chi connectivity index (χ2v) is 6.13. The lowest BCUT2D eigenvalue weighted by Crippen LogP contribution is -2.46. The Hall–Kier alpha value is -2.44. The van der Waals surface area contributed by atoms with Crippen molar-refractivity contribution in [1.29, 1.82) is 0 Å². The average Bonchev–Trinajstić information content (AvgIpc) is 2.58. The molecule has 0 N–H and O–H groups in total. The molecule has 0 saturated carbocycles. The van der Waals surface area contributed by atoms with E-state index >= 15 is 0 Å². The Morgan fingerprint density at radius 1 is 1.20 bits per heavy atom. The smallest absolute Gasteiger partial charge is 0.389 e. The number of benzene rings is 1. The van der Waals surface area contributed by atoms with Gasteiger partial charge in [0.2, 0.25) is 0 Å². The highest BCUT2D eigenvalue weighted by molar-refractivity contribution is 5.83. The fourth-order valence-electron chi connectivity index (χ4n) is 2.16. The summed E-state index contributed by atoms with van der Waals surface area (Å²) in [4.78, 5) is 34.3. The molecular weight excluding hydrogens is 326 g/mol. The minimum atomic E-state index is -1.99. The Kier molecular flexibility index (Phi) is 7.54. The van der Waals surface area contributed by atoms with Crippen molar-refractivity contribution < 1.29 is 24.0 Å². The van der Waals surface area contributed by atoms with E-state index in [1.807, 2.05) is 13.8 Å². The van der Waals surface area contributed by atoms with Gasteiger partial charge in [0.25, 0.3) is 0 Å². The van der Waals surface area contributed by atoms with Gasteiger partial charge in [-0.2, -0.15) is 0 Å². The van der Waals surface area contributed by atoms with Gasteiger partial charge in [-0.05, 0) is 31.9 Å². The number of para-hydroxylation sites is 2. The maximum atomic E-state index is 12.4. The lowest BCUT2D eigenvalue weighted by molar-refractivity contribution is -0.550. The van der Waals surface area contributed by atoms with Crippen LogP contribution in [0.5, 0.6) is 11.5 Å². The summed E-state index contributed by atoms with van der Waals surface area (Å²) in [5.74, 6) is -0.741. The highest BCUT2D eigenvalue weighted by Crippen LogP contribution is 2.30. The van der Waals surface area contributed by atoms with Gasteiger partial charge in [0.05, 0.1) is 6.10 Å². The van der Waals surface area contributed by atoms with Crippen molar-refractivity contribution in [2.24, 2.45) is 0 Å². The third-order valence-corrected chi connectivity index (χ3v) is 4.06. The van der Waals surface area contributed by atoms with E-state index in [4.69, 9.17) is 9.47 Å². The fraction of sp³-hybridized carbons (Fsp3) is 0.556. The Bertz CT molecular complexity index is 626. The first-order valence-corrected chi connectivity index (χ1v) is 8.36. The van der Waals surface area contributed by atoms with E-state index in [-0.39, 0.29) is 30.5 Å². The molecule has 0 aromatic heterocycles. The third kappa shape index (κ3) is 5.55. The maximum absolute atomic E-state index is 12.4. The second kappa shape index (κ2) is 9.15. The standard InChI is InChI=1S/C18H25NO6/c1-5-14(6-2)24-15-9-7-8-10-16(15)25-17(21)18(4,19(22)23)12-11-13(3)20/h7-10,14H,5-6,11-12H2,1-4H3. The molecule has 0 fully saturated rings. The minimum absolute atomic E-state index is 0.0422. The number of hydrogen-bond donors (Lipinski definition) is 0. The third-order valence-electron chi connectivity index (χ3n) is 4.06. The van der Waals surface area contributed by atoms with Gasteiger partial charge in [0.1, 0.15) is 5.78 Å². The zero-order chi connectivity index (χ0) is 19.0. The van der Waals surface area contributed by atoms with Crippen LogP contribution in [0.25, 0.3) is 0 Å². The lowest BCUT2D eigenvalue weighted by Gasteiger charge is -2.21. The molecule has 7 heteroatoms. The van der Waals surface area contributed by atoms with Crippen molar-refractivity contribution in [3.05, 3.63) is 34.4 Å². The first-order chi connectivity index (χ1) is 11.7. The van der Waals surface area contributed by atoms with Crippen LogP contribution in [0.1, 0.15) is 53.4 Å². The summed E-state index contributed by atoms with van der Waals surface area (Å²) in [5, 5.41) is 11.4. The van der Waals surface area contributed by atoms with E-state index in [9.17, 15) is 19.7 Å². The molecule has 7 nitrogen and oxygen atoms in total. The van der Waals surface area contributed by atoms with Crippen molar-refractivity contribution in [2.75, 3.05) is 0 Å². The highest BCUT2D eigenvalue weighted by Gasteiger charge is 2.48. The normalized spacial score (nSPS) is 13.2. The molecule has 25 heavy (non-hydrogen) atoms. The van der Waals surface area contributed by atoms with Crippen molar-refractivity contribution in [1.82, 2.24) is 0 Å². The first-order valence-electron chi connectivity index (χ1n) is 8.36. The number of rotatable bonds is 10. The summed E-state index contributed by atoms with van der Waals surface area (Å²) in [6.45, 7) is 6.45. The largest absolute Gasteiger partial charge is 0.487 e. The van der Waals surface area contributed by atoms with Crippen molar-refractivity contribution in [3.8, 4) is 11.5 Å². The molecule has 1 rings (SSSR count). The SMILES string of the molecule is CCC(CC)Oc1ccccc1OC(=O)C(C)(CCC(C)=O)[N+](=O)[O-]. The maximum Gasteiger partial charge on any atom is 0.389 e. The molecule has 138 valence electrons. The number of carbonyl (C=O) groups is 2. The monoisotopic (exact) mass is 351 g/mol. The van der Waals surface area contributed by atoms with E-state index in [1.54, 1.807) is 18.2 Å². The number of carbonyl (C=O) groups excluding carboxylic acids is 2. The fourth-order valence-corrected chi connectivity index (χ4v) is 2.16. The first kappa shape index (κ1) is 20.6. The minimum Gasteiger partial charge on any atom is -0.487 e. The number of nitro groups is 1. The molecule has 0 heterocycles. The predicted octanol–water partition coefficient (Wildman–Crippen LogP) is 3.56. The summed E-state index contributed by atoms with van der Waals surface area (Å²) < 4.78 is 11.1. The molecular formula is C18H25NO6. The Morgan fingerprint density at radius 2 is 1.76 bits per heavy atom. The average molecular weight is 351 g/mol. The van der Waals surface area contributed by atoms with Crippen LogP contribution in [0, 0.1) is 10.1 Å².